The van der Waals surface area contributed by atoms with Crippen LogP contribution in [0.2, 0.25) is 0 Å². The molecule has 0 fully saturated rings. The maximum absolute atomic E-state index is 10.1. The van der Waals surface area contributed by atoms with Crippen LogP contribution in [0.3, 0.4) is 0 Å². The monoisotopic (exact) mass is 344 g/mol. The number of hydrogen-bond donors (Lipinski definition) is 2. The fourth-order valence-corrected chi connectivity index (χ4v) is 2.99. The molecule has 2 heterocycles. The molecule has 0 radical (unpaired) electrons. The highest BCUT2D eigenvalue weighted by Gasteiger charge is 2.22. The van der Waals surface area contributed by atoms with E-state index in [1.165, 1.54) is 0 Å². The first-order valence-corrected chi connectivity index (χ1v) is 9.08. The zero-order valence-electron chi connectivity index (χ0n) is 15.1. The van der Waals surface area contributed by atoms with E-state index in [-0.39, 0.29) is 0 Å². The quantitative estimate of drug-likeness (QED) is 0.765. The first-order valence-electron chi connectivity index (χ1n) is 9.08. The van der Waals surface area contributed by atoms with Gasteiger partial charge in [0.15, 0.2) is 5.82 Å². The van der Waals surface area contributed by atoms with Crippen molar-refractivity contribution in [2.45, 2.75) is 57.9 Å². The summed E-state index contributed by atoms with van der Waals surface area (Å²) in [5.74, 6) is 2.35. The maximum atomic E-state index is 10.1. The van der Waals surface area contributed by atoms with Gasteiger partial charge < -0.3 is 15.2 Å². The third-order valence-electron chi connectivity index (χ3n) is 4.45. The summed E-state index contributed by atoms with van der Waals surface area (Å²) in [4.78, 5) is 4.60. The smallest absolute Gasteiger partial charge is 0.153 e. The molecule has 0 unspecified atom stereocenters. The number of ether oxygens (including phenoxy) is 1. The van der Waals surface area contributed by atoms with Crippen LogP contribution in [-0.2, 0) is 24.3 Å². The molecule has 1 aromatic heterocycles. The molecule has 136 valence electrons. The lowest BCUT2D eigenvalue weighted by molar-refractivity contribution is 0.0269. The highest BCUT2D eigenvalue weighted by atomic mass is 16.5. The van der Waals surface area contributed by atoms with Crippen LogP contribution >= 0.6 is 0 Å². The number of nitrogens with zero attached hydrogens (tertiary/aromatic N) is 3. The first-order chi connectivity index (χ1) is 12.1. The van der Waals surface area contributed by atoms with E-state index in [0.717, 1.165) is 36.6 Å². The Hall–Kier alpha value is -1.76. The first kappa shape index (κ1) is 18.0. The van der Waals surface area contributed by atoms with Crippen molar-refractivity contribution in [2.24, 2.45) is 0 Å². The molecule has 0 saturated carbocycles. The van der Waals surface area contributed by atoms with Crippen molar-refractivity contribution < 1.29 is 9.84 Å². The predicted molar refractivity (Wildman–Crippen MR) is 96.3 cm³/mol. The third-order valence-corrected chi connectivity index (χ3v) is 4.45. The molecule has 2 atom stereocenters. The summed E-state index contributed by atoms with van der Waals surface area (Å²) in [6.07, 6.45) is 1.44. The van der Waals surface area contributed by atoms with E-state index < -0.39 is 6.10 Å². The molecule has 6 heteroatoms. The predicted octanol–water partition coefficient (Wildman–Crippen LogP) is 1.88. The fourth-order valence-electron chi connectivity index (χ4n) is 2.99. The lowest BCUT2D eigenvalue weighted by atomic mass is 10.1. The summed E-state index contributed by atoms with van der Waals surface area (Å²) in [5.41, 5.74) is 1.12. The Kier molecular flexibility index (Phi) is 6.18. The molecule has 2 aromatic rings. The van der Waals surface area contributed by atoms with Crippen molar-refractivity contribution >= 4 is 0 Å². The Balaban J connectivity index is 1.38. The van der Waals surface area contributed by atoms with Crippen LogP contribution in [0.15, 0.2) is 30.3 Å². The van der Waals surface area contributed by atoms with Gasteiger partial charge in [0.25, 0.3) is 0 Å². The Morgan fingerprint density at radius 2 is 2.12 bits per heavy atom. The number of hydrogen-bond acceptors (Lipinski definition) is 5. The second-order valence-corrected chi connectivity index (χ2v) is 7.02. The van der Waals surface area contributed by atoms with Crippen molar-refractivity contribution in [3.63, 3.8) is 0 Å². The average molecular weight is 344 g/mol. The summed E-state index contributed by atoms with van der Waals surface area (Å²) >= 11 is 0. The minimum atomic E-state index is -0.507. The van der Waals surface area contributed by atoms with E-state index in [2.05, 4.69) is 29.2 Å². The summed E-state index contributed by atoms with van der Waals surface area (Å²) in [6, 6.07) is 10.3. The Labute approximate surface area is 149 Å². The minimum absolute atomic E-state index is 0.318. The molecule has 25 heavy (non-hydrogen) atoms. The second kappa shape index (κ2) is 8.56. The van der Waals surface area contributed by atoms with Gasteiger partial charge in [0, 0.05) is 24.9 Å². The van der Waals surface area contributed by atoms with Crippen molar-refractivity contribution in [3.05, 3.63) is 47.5 Å². The molecule has 0 saturated heterocycles. The van der Waals surface area contributed by atoms with E-state index in [9.17, 15) is 5.11 Å². The SMILES string of the molecule is CC(C)c1nc2n(n1)C[C@@H](NC[C@H](O)COCc1ccccc1)CC2. The molecule has 0 spiro atoms. The number of aliphatic hydroxyl groups excluding tert-OH is 1. The fraction of sp³-hybridized carbons (Fsp3) is 0.579. The lowest BCUT2D eigenvalue weighted by Crippen LogP contribution is -2.42. The normalized spacial score (nSPS) is 18.3. The number of aromatic nitrogens is 3. The Morgan fingerprint density at radius 3 is 2.88 bits per heavy atom. The molecule has 1 aliphatic rings. The summed E-state index contributed by atoms with van der Waals surface area (Å²) < 4.78 is 7.60. The van der Waals surface area contributed by atoms with Gasteiger partial charge in [-0.15, -0.1) is 0 Å². The van der Waals surface area contributed by atoms with Crippen LogP contribution in [0, 0.1) is 0 Å². The van der Waals surface area contributed by atoms with Crippen molar-refractivity contribution in [1.29, 1.82) is 0 Å². The molecule has 6 nitrogen and oxygen atoms in total. The number of aliphatic hydroxyl groups is 1. The van der Waals surface area contributed by atoms with Crippen LogP contribution in [0.4, 0.5) is 0 Å². The lowest BCUT2D eigenvalue weighted by Gasteiger charge is -2.24. The van der Waals surface area contributed by atoms with E-state index in [1.807, 2.05) is 35.0 Å². The molecule has 1 aromatic carbocycles. The summed E-state index contributed by atoms with van der Waals surface area (Å²) in [5, 5.41) is 18.1. The second-order valence-electron chi connectivity index (χ2n) is 7.02. The molecule has 0 amide bonds. The van der Waals surface area contributed by atoms with Gasteiger partial charge in [0.05, 0.1) is 25.9 Å². The van der Waals surface area contributed by atoms with Crippen LogP contribution < -0.4 is 5.32 Å². The van der Waals surface area contributed by atoms with Crippen molar-refractivity contribution in [2.75, 3.05) is 13.2 Å². The van der Waals surface area contributed by atoms with Gasteiger partial charge in [-0.3, -0.25) is 0 Å². The highest BCUT2D eigenvalue weighted by molar-refractivity contribution is 5.13. The molecular weight excluding hydrogens is 316 g/mol. The summed E-state index contributed by atoms with van der Waals surface area (Å²) in [7, 11) is 0. The Morgan fingerprint density at radius 1 is 1.32 bits per heavy atom. The minimum Gasteiger partial charge on any atom is -0.389 e. The van der Waals surface area contributed by atoms with Crippen LogP contribution in [0.5, 0.6) is 0 Å². The molecule has 0 bridgehead atoms. The zero-order valence-corrected chi connectivity index (χ0v) is 15.1. The maximum Gasteiger partial charge on any atom is 0.153 e. The third kappa shape index (κ3) is 5.11. The zero-order chi connectivity index (χ0) is 17.6. The van der Waals surface area contributed by atoms with Gasteiger partial charge in [-0.05, 0) is 12.0 Å². The van der Waals surface area contributed by atoms with Gasteiger partial charge >= 0.3 is 0 Å². The number of aryl methyl sites for hydroxylation is 1. The number of nitrogens with one attached hydrogen (secondary N) is 1. The molecule has 1 aliphatic heterocycles. The van der Waals surface area contributed by atoms with E-state index in [1.54, 1.807) is 0 Å². The van der Waals surface area contributed by atoms with E-state index in [0.29, 0.717) is 31.7 Å². The van der Waals surface area contributed by atoms with E-state index >= 15 is 0 Å². The van der Waals surface area contributed by atoms with E-state index in [4.69, 9.17) is 4.74 Å². The molecule has 3 rings (SSSR count). The van der Waals surface area contributed by atoms with Gasteiger partial charge in [-0.1, -0.05) is 44.2 Å². The largest absolute Gasteiger partial charge is 0.389 e. The number of rotatable bonds is 8. The van der Waals surface area contributed by atoms with Gasteiger partial charge in [0.1, 0.15) is 5.82 Å². The number of fused-ring (bicyclic) bond motifs is 1. The van der Waals surface area contributed by atoms with Crippen LogP contribution in [0.25, 0.3) is 0 Å². The standard InChI is InChI=1S/C19H28N4O2/c1-14(2)19-21-18-9-8-16(11-23(18)22-19)20-10-17(24)13-25-12-15-6-4-3-5-7-15/h3-7,14,16-17,20,24H,8-13H2,1-2H3/t16-,17-/m0/s1. The summed E-state index contributed by atoms with van der Waals surface area (Å²) in [6.45, 7) is 6.43. The van der Waals surface area contributed by atoms with Crippen molar-refractivity contribution in [1.82, 2.24) is 20.1 Å². The average Bonchev–Trinajstić information content (AvgIpc) is 3.04. The van der Waals surface area contributed by atoms with Gasteiger partial charge in [-0.25, -0.2) is 9.67 Å². The van der Waals surface area contributed by atoms with Crippen molar-refractivity contribution in [3.8, 4) is 0 Å². The van der Waals surface area contributed by atoms with Crippen LogP contribution in [0.1, 0.15) is 43.4 Å². The van der Waals surface area contributed by atoms with Crippen LogP contribution in [-0.4, -0.2) is 45.2 Å². The highest BCUT2D eigenvalue weighted by Crippen LogP contribution is 2.16. The molecule has 2 N–H and O–H groups in total. The molecular formula is C19H28N4O2. The molecule has 0 aliphatic carbocycles. The van der Waals surface area contributed by atoms with Gasteiger partial charge in [-0.2, -0.15) is 5.10 Å². The number of benzene rings is 1. The Bertz CT molecular complexity index is 657. The topological polar surface area (TPSA) is 72.2 Å². The van der Waals surface area contributed by atoms with Gasteiger partial charge in [0.2, 0.25) is 0 Å².